The summed E-state index contributed by atoms with van der Waals surface area (Å²) in [6.07, 6.45) is 2.50. The standard InChI is InChI=1S/C14H12FN3/c15-12-4-5-14(11(9-12)10-16)18-8-6-13-3-1-2-7-17-13/h1-5,7,9,18H,6,8H2. The third kappa shape index (κ3) is 3.05. The lowest BCUT2D eigenvalue weighted by Gasteiger charge is -2.07. The molecule has 90 valence electrons. The van der Waals surface area contributed by atoms with Crippen LogP contribution in [0.2, 0.25) is 0 Å². The van der Waals surface area contributed by atoms with Gasteiger partial charge in [-0.3, -0.25) is 4.98 Å². The minimum Gasteiger partial charge on any atom is -0.384 e. The molecule has 0 aliphatic carbocycles. The predicted octanol–water partition coefficient (Wildman–Crippen LogP) is 2.75. The van der Waals surface area contributed by atoms with Gasteiger partial charge in [-0.05, 0) is 30.3 Å². The minimum atomic E-state index is -0.401. The Labute approximate surface area is 105 Å². The summed E-state index contributed by atoms with van der Waals surface area (Å²) in [5, 5.41) is 12.0. The van der Waals surface area contributed by atoms with Crippen molar-refractivity contribution in [2.45, 2.75) is 6.42 Å². The Morgan fingerprint density at radius 1 is 1.28 bits per heavy atom. The third-order valence-electron chi connectivity index (χ3n) is 2.52. The SMILES string of the molecule is N#Cc1cc(F)ccc1NCCc1ccccn1. The van der Waals surface area contributed by atoms with Crippen molar-refractivity contribution in [3.05, 3.63) is 59.7 Å². The Bertz CT molecular complexity index is 561. The highest BCUT2D eigenvalue weighted by molar-refractivity contribution is 5.57. The highest BCUT2D eigenvalue weighted by Crippen LogP contribution is 2.15. The van der Waals surface area contributed by atoms with E-state index in [0.29, 0.717) is 17.8 Å². The second-order valence-electron chi connectivity index (χ2n) is 3.80. The minimum absolute atomic E-state index is 0.316. The molecule has 0 amide bonds. The highest BCUT2D eigenvalue weighted by Gasteiger charge is 2.03. The normalized spacial score (nSPS) is 9.78. The van der Waals surface area contributed by atoms with Crippen LogP contribution in [0.3, 0.4) is 0 Å². The van der Waals surface area contributed by atoms with Gasteiger partial charge >= 0.3 is 0 Å². The Kier molecular flexibility index (Phi) is 3.87. The molecule has 1 aromatic carbocycles. The lowest BCUT2D eigenvalue weighted by atomic mass is 10.2. The molecule has 0 aliphatic rings. The molecule has 0 saturated carbocycles. The molecule has 0 spiro atoms. The van der Waals surface area contributed by atoms with E-state index in [1.54, 1.807) is 12.3 Å². The number of hydrogen-bond acceptors (Lipinski definition) is 3. The summed E-state index contributed by atoms with van der Waals surface area (Å²) in [5.74, 6) is -0.401. The molecule has 1 aromatic heterocycles. The van der Waals surface area contributed by atoms with Crippen LogP contribution in [0.25, 0.3) is 0 Å². The van der Waals surface area contributed by atoms with Gasteiger partial charge in [-0.1, -0.05) is 6.07 Å². The zero-order valence-corrected chi connectivity index (χ0v) is 9.73. The first-order chi connectivity index (χ1) is 8.79. The molecule has 0 aliphatic heterocycles. The van der Waals surface area contributed by atoms with Gasteiger partial charge in [-0.25, -0.2) is 4.39 Å². The van der Waals surface area contributed by atoms with Crippen molar-refractivity contribution < 1.29 is 4.39 Å². The summed E-state index contributed by atoms with van der Waals surface area (Å²) < 4.78 is 12.9. The molecule has 0 atom stereocenters. The van der Waals surface area contributed by atoms with E-state index >= 15 is 0 Å². The number of anilines is 1. The van der Waals surface area contributed by atoms with Crippen molar-refractivity contribution in [3.63, 3.8) is 0 Å². The maximum atomic E-state index is 12.9. The van der Waals surface area contributed by atoms with Gasteiger partial charge in [0.05, 0.1) is 11.3 Å². The molecule has 0 saturated heterocycles. The van der Waals surface area contributed by atoms with Crippen LogP contribution in [0.5, 0.6) is 0 Å². The molecule has 0 fully saturated rings. The maximum Gasteiger partial charge on any atom is 0.124 e. The van der Waals surface area contributed by atoms with Gasteiger partial charge < -0.3 is 5.32 Å². The van der Waals surface area contributed by atoms with E-state index in [9.17, 15) is 4.39 Å². The summed E-state index contributed by atoms with van der Waals surface area (Å²) >= 11 is 0. The molecule has 1 heterocycles. The summed E-state index contributed by atoms with van der Waals surface area (Å²) in [4.78, 5) is 4.20. The molecular weight excluding hydrogens is 229 g/mol. The Morgan fingerprint density at radius 3 is 2.89 bits per heavy atom. The van der Waals surface area contributed by atoms with E-state index in [0.717, 1.165) is 12.1 Å². The molecule has 4 heteroatoms. The van der Waals surface area contributed by atoms with Crippen molar-refractivity contribution >= 4 is 5.69 Å². The van der Waals surface area contributed by atoms with Crippen LogP contribution in [-0.2, 0) is 6.42 Å². The quantitative estimate of drug-likeness (QED) is 0.895. The Morgan fingerprint density at radius 2 is 2.17 bits per heavy atom. The lowest BCUT2D eigenvalue weighted by molar-refractivity contribution is 0.627. The maximum absolute atomic E-state index is 12.9. The number of rotatable bonds is 4. The van der Waals surface area contributed by atoms with Gasteiger partial charge in [-0.2, -0.15) is 5.26 Å². The molecule has 0 unspecified atom stereocenters. The first-order valence-electron chi connectivity index (χ1n) is 5.63. The second kappa shape index (κ2) is 5.78. The summed E-state index contributed by atoms with van der Waals surface area (Å²) in [7, 11) is 0. The Hall–Kier alpha value is -2.41. The van der Waals surface area contributed by atoms with Crippen molar-refractivity contribution in [1.82, 2.24) is 4.98 Å². The van der Waals surface area contributed by atoms with Gasteiger partial charge in [0.25, 0.3) is 0 Å². The zero-order valence-electron chi connectivity index (χ0n) is 9.73. The second-order valence-corrected chi connectivity index (χ2v) is 3.80. The molecule has 3 nitrogen and oxygen atoms in total. The number of nitrogens with zero attached hydrogens (tertiary/aromatic N) is 2. The first-order valence-corrected chi connectivity index (χ1v) is 5.63. The lowest BCUT2D eigenvalue weighted by Crippen LogP contribution is -2.07. The van der Waals surface area contributed by atoms with Crippen molar-refractivity contribution in [2.24, 2.45) is 0 Å². The number of nitriles is 1. The Balaban J connectivity index is 1.97. The number of nitrogens with one attached hydrogen (secondary N) is 1. The largest absolute Gasteiger partial charge is 0.384 e. The van der Waals surface area contributed by atoms with Crippen molar-refractivity contribution in [3.8, 4) is 6.07 Å². The van der Waals surface area contributed by atoms with Gasteiger partial charge in [0, 0.05) is 24.9 Å². The number of pyridine rings is 1. The van der Waals surface area contributed by atoms with Crippen LogP contribution in [0.15, 0.2) is 42.6 Å². The van der Waals surface area contributed by atoms with Crippen LogP contribution < -0.4 is 5.32 Å². The first kappa shape index (κ1) is 12.1. The predicted molar refractivity (Wildman–Crippen MR) is 67.5 cm³/mol. The topological polar surface area (TPSA) is 48.7 Å². The number of halogens is 1. The number of benzene rings is 1. The molecule has 2 aromatic rings. The van der Waals surface area contributed by atoms with Crippen molar-refractivity contribution in [2.75, 3.05) is 11.9 Å². The van der Waals surface area contributed by atoms with Gasteiger partial charge in [0.15, 0.2) is 0 Å². The fraction of sp³-hybridized carbons (Fsp3) is 0.143. The van der Waals surface area contributed by atoms with E-state index in [1.165, 1.54) is 12.1 Å². The molecule has 0 bridgehead atoms. The van der Waals surface area contributed by atoms with Crippen LogP contribution in [0, 0.1) is 17.1 Å². The molecular formula is C14H12FN3. The van der Waals surface area contributed by atoms with E-state index in [-0.39, 0.29) is 0 Å². The molecule has 2 rings (SSSR count). The van der Waals surface area contributed by atoms with Crippen LogP contribution in [-0.4, -0.2) is 11.5 Å². The average Bonchev–Trinajstić information content (AvgIpc) is 2.41. The molecule has 1 N–H and O–H groups in total. The van der Waals surface area contributed by atoms with Crippen LogP contribution >= 0.6 is 0 Å². The summed E-state index contributed by atoms with van der Waals surface area (Å²) in [6.45, 7) is 0.650. The van der Waals surface area contributed by atoms with Gasteiger partial charge in [-0.15, -0.1) is 0 Å². The van der Waals surface area contributed by atoms with Crippen LogP contribution in [0.1, 0.15) is 11.3 Å². The average molecular weight is 241 g/mol. The van der Waals surface area contributed by atoms with E-state index in [2.05, 4.69) is 10.3 Å². The number of hydrogen-bond donors (Lipinski definition) is 1. The van der Waals surface area contributed by atoms with Crippen LogP contribution in [0.4, 0.5) is 10.1 Å². The van der Waals surface area contributed by atoms with E-state index in [1.807, 2.05) is 24.3 Å². The fourth-order valence-electron chi connectivity index (χ4n) is 1.63. The number of aromatic nitrogens is 1. The summed E-state index contributed by atoms with van der Waals surface area (Å²) in [5.41, 5.74) is 1.94. The highest BCUT2D eigenvalue weighted by atomic mass is 19.1. The van der Waals surface area contributed by atoms with Gasteiger partial charge in [0.2, 0.25) is 0 Å². The molecule has 18 heavy (non-hydrogen) atoms. The monoisotopic (exact) mass is 241 g/mol. The van der Waals surface area contributed by atoms with Gasteiger partial charge in [0.1, 0.15) is 11.9 Å². The van der Waals surface area contributed by atoms with E-state index in [4.69, 9.17) is 5.26 Å². The molecule has 0 radical (unpaired) electrons. The zero-order chi connectivity index (χ0) is 12.8. The smallest absolute Gasteiger partial charge is 0.124 e. The van der Waals surface area contributed by atoms with E-state index < -0.39 is 5.82 Å². The summed E-state index contributed by atoms with van der Waals surface area (Å²) in [6, 6.07) is 11.8. The third-order valence-corrected chi connectivity index (χ3v) is 2.52. The fourth-order valence-corrected chi connectivity index (χ4v) is 1.63. The van der Waals surface area contributed by atoms with Crippen molar-refractivity contribution in [1.29, 1.82) is 5.26 Å².